The molecule has 0 saturated carbocycles. The second kappa shape index (κ2) is 6.55. The molecule has 1 unspecified atom stereocenters. The lowest BCUT2D eigenvalue weighted by Crippen LogP contribution is -2.49. The number of amidine groups is 1. The second-order valence-electron chi connectivity index (χ2n) is 4.09. The minimum Gasteiger partial charge on any atom is -0.409 e. The van der Waals surface area contributed by atoms with Crippen molar-refractivity contribution < 1.29 is 18.4 Å². The van der Waals surface area contributed by atoms with E-state index in [1.807, 2.05) is 0 Å². The maximum atomic E-state index is 11.9. The number of rotatable bonds is 7. The molecule has 0 aromatic rings. The number of carbonyl (C=O) groups excluding carboxylic acids is 1. The molecule has 0 spiro atoms. The van der Waals surface area contributed by atoms with Crippen LogP contribution in [0.1, 0.15) is 20.3 Å². The third kappa shape index (κ3) is 4.88. The van der Waals surface area contributed by atoms with Crippen LogP contribution in [0.5, 0.6) is 0 Å². The van der Waals surface area contributed by atoms with Crippen LogP contribution in [0.15, 0.2) is 5.16 Å². The van der Waals surface area contributed by atoms with E-state index in [4.69, 9.17) is 10.9 Å². The quantitative estimate of drug-likeness (QED) is 0.153. The second-order valence-corrected chi connectivity index (χ2v) is 5.93. The molecule has 0 bridgehead atoms. The molecule has 5 N–H and O–H groups in total. The summed E-state index contributed by atoms with van der Waals surface area (Å²) < 4.78 is 23.8. The van der Waals surface area contributed by atoms with Crippen LogP contribution in [0.4, 0.5) is 0 Å². The lowest BCUT2D eigenvalue weighted by atomic mass is 9.85. The van der Waals surface area contributed by atoms with E-state index in [1.54, 1.807) is 13.8 Å². The van der Waals surface area contributed by atoms with Gasteiger partial charge in [0.1, 0.15) is 5.41 Å². The molecule has 0 aliphatic carbocycles. The molecular weight excluding hydrogens is 260 g/mol. The normalized spacial score (nSPS) is 16.1. The van der Waals surface area contributed by atoms with Gasteiger partial charge >= 0.3 is 0 Å². The smallest absolute Gasteiger partial charge is 0.233 e. The van der Waals surface area contributed by atoms with Gasteiger partial charge in [-0.05, 0) is 13.3 Å². The predicted molar refractivity (Wildman–Crippen MR) is 67.7 cm³/mol. The SMILES string of the molecule is CCC(C)(C(=O)NCCNS(C)(=O)=O)C(N)=NO. The Morgan fingerprint density at radius 1 is 1.44 bits per heavy atom. The van der Waals surface area contributed by atoms with Crippen LogP contribution in [0, 0.1) is 5.41 Å². The van der Waals surface area contributed by atoms with Gasteiger partial charge in [-0.25, -0.2) is 13.1 Å². The number of amides is 1. The molecule has 0 aromatic heterocycles. The maximum absolute atomic E-state index is 11.9. The third-order valence-electron chi connectivity index (χ3n) is 2.66. The minimum atomic E-state index is -3.27. The monoisotopic (exact) mass is 280 g/mol. The van der Waals surface area contributed by atoms with Gasteiger partial charge in [0.2, 0.25) is 15.9 Å². The Morgan fingerprint density at radius 3 is 2.39 bits per heavy atom. The molecular formula is C9H20N4O4S. The number of nitrogens with one attached hydrogen (secondary N) is 2. The van der Waals surface area contributed by atoms with Gasteiger partial charge in [0.25, 0.3) is 0 Å². The van der Waals surface area contributed by atoms with Gasteiger partial charge < -0.3 is 16.3 Å². The molecule has 0 saturated heterocycles. The third-order valence-corrected chi connectivity index (χ3v) is 3.38. The number of carbonyl (C=O) groups is 1. The highest BCUT2D eigenvalue weighted by molar-refractivity contribution is 7.88. The van der Waals surface area contributed by atoms with Gasteiger partial charge in [-0.15, -0.1) is 0 Å². The van der Waals surface area contributed by atoms with Crippen molar-refractivity contribution in [3.05, 3.63) is 0 Å². The molecule has 0 aliphatic heterocycles. The summed E-state index contributed by atoms with van der Waals surface area (Å²) in [4.78, 5) is 11.9. The lowest BCUT2D eigenvalue weighted by Gasteiger charge is -2.25. The summed E-state index contributed by atoms with van der Waals surface area (Å²) in [6.07, 6.45) is 1.38. The van der Waals surface area contributed by atoms with Crippen molar-refractivity contribution in [2.45, 2.75) is 20.3 Å². The van der Waals surface area contributed by atoms with E-state index in [9.17, 15) is 13.2 Å². The van der Waals surface area contributed by atoms with E-state index >= 15 is 0 Å². The Morgan fingerprint density at radius 2 is 2.00 bits per heavy atom. The highest BCUT2D eigenvalue weighted by Gasteiger charge is 2.36. The molecule has 1 atom stereocenters. The first-order valence-electron chi connectivity index (χ1n) is 5.38. The first-order valence-corrected chi connectivity index (χ1v) is 7.27. The summed E-state index contributed by atoms with van der Waals surface area (Å²) in [5.74, 6) is -0.603. The molecule has 0 heterocycles. The number of nitrogens with zero attached hydrogens (tertiary/aromatic N) is 1. The zero-order valence-corrected chi connectivity index (χ0v) is 11.5. The van der Waals surface area contributed by atoms with Crippen molar-refractivity contribution in [2.24, 2.45) is 16.3 Å². The van der Waals surface area contributed by atoms with Gasteiger partial charge in [0.05, 0.1) is 6.26 Å². The van der Waals surface area contributed by atoms with Crippen molar-refractivity contribution in [2.75, 3.05) is 19.3 Å². The molecule has 0 rings (SSSR count). The molecule has 18 heavy (non-hydrogen) atoms. The zero-order valence-electron chi connectivity index (χ0n) is 10.7. The van der Waals surface area contributed by atoms with E-state index in [0.29, 0.717) is 6.42 Å². The zero-order chi connectivity index (χ0) is 14.4. The van der Waals surface area contributed by atoms with Crippen LogP contribution in [0.3, 0.4) is 0 Å². The van der Waals surface area contributed by atoms with Crippen LogP contribution in [-0.2, 0) is 14.8 Å². The first-order chi connectivity index (χ1) is 8.17. The van der Waals surface area contributed by atoms with Crippen molar-refractivity contribution in [3.8, 4) is 0 Å². The van der Waals surface area contributed by atoms with Crippen molar-refractivity contribution in [1.29, 1.82) is 0 Å². The Labute approximate surface area is 107 Å². The maximum Gasteiger partial charge on any atom is 0.233 e. The number of nitrogens with two attached hydrogens (primary N) is 1. The van der Waals surface area contributed by atoms with Crippen LogP contribution in [-0.4, -0.2) is 44.7 Å². The van der Waals surface area contributed by atoms with Crippen LogP contribution < -0.4 is 15.8 Å². The molecule has 8 nitrogen and oxygen atoms in total. The summed E-state index contributed by atoms with van der Waals surface area (Å²) in [5, 5.41) is 14.0. The van der Waals surface area contributed by atoms with Gasteiger partial charge in [-0.2, -0.15) is 0 Å². The Balaban J connectivity index is 4.40. The molecule has 106 valence electrons. The fourth-order valence-corrected chi connectivity index (χ4v) is 1.65. The largest absolute Gasteiger partial charge is 0.409 e. The van der Waals surface area contributed by atoms with Crippen molar-refractivity contribution >= 4 is 21.8 Å². The molecule has 0 aliphatic rings. The minimum absolute atomic E-state index is 0.0839. The number of sulfonamides is 1. The molecule has 0 aromatic carbocycles. The lowest BCUT2D eigenvalue weighted by molar-refractivity contribution is -0.127. The number of hydrogen-bond donors (Lipinski definition) is 4. The summed E-state index contributed by atoms with van der Waals surface area (Å²) in [6, 6.07) is 0. The van der Waals surface area contributed by atoms with Crippen LogP contribution in [0.25, 0.3) is 0 Å². The molecule has 9 heteroatoms. The van der Waals surface area contributed by atoms with E-state index < -0.39 is 21.3 Å². The fraction of sp³-hybridized carbons (Fsp3) is 0.778. The molecule has 0 radical (unpaired) electrons. The summed E-state index contributed by atoms with van der Waals surface area (Å²) in [5.41, 5.74) is 4.35. The predicted octanol–water partition coefficient (Wildman–Crippen LogP) is -1.19. The van der Waals surface area contributed by atoms with Crippen molar-refractivity contribution in [3.63, 3.8) is 0 Å². The highest BCUT2D eigenvalue weighted by atomic mass is 32.2. The Kier molecular flexibility index (Phi) is 6.06. The highest BCUT2D eigenvalue weighted by Crippen LogP contribution is 2.21. The summed E-state index contributed by atoms with van der Waals surface area (Å²) in [6.45, 7) is 3.48. The standard InChI is InChI=1S/C9H20N4O4S/c1-4-9(2,7(10)13-15)8(14)11-5-6-12-18(3,16)17/h12,15H,4-6H2,1-3H3,(H2,10,13)(H,11,14). The Bertz CT molecular complexity index is 420. The van der Waals surface area contributed by atoms with Gasteiger partial charge in [-0.1, -0.05) is 12.1 Å². The Hall–Kier alpha value is -1.35. The van der Waals surface area contributed by atoms with E-state index in [0.717, 1.165) is 6.26 Å². The topological polar surface area (TPSA) is 134 Å². The van der Waals surface area contributed by atoms with E-state index in [2.05, 4.69) is 15.2 Å². The first kappa shape index (κ1) is 16.6. The van der Waals surface area contributed by atoms with Crippen LogP contribution in [0.2, 0.25) is 0 Å². The average Bonchev–Trinajstić information content (AvgIpc) is 2.30. The molecule has 1 amide bonds. The van der Waals surface area contributed by atoms with Gasteiger partial charge in [-0.3, -0.25) is 4.79 Å². The summed E-state index contributed by atoms with van der Waals surface area (Å²) >= 11 is 0. The van der Waals surface area contributed by atoms with Gasteiger partial charge in [0.15, 0.2) is 5.84 Å². The number of hydrogen-bond acceptors (Lipinski definition) is 5. The van der Waals surface area contributed by atoms with E-state index in [-0.39, 0.29) is 18.9 Å². The van der Waals surface area contributed by atoms with Crippen LogP contribution >= 0.6 is 0 Å². The average molecular weight is 280 g/mol. The van der Waals surface area contributed by atoms with E-state index in [1.165, 1.54) is 0 Å². The molecule has 0 fully saturated rings. The summed E-state index contributed by atoms with van der Waals surface area (Å²) in [7, 11) is -3.27. The van der Waals surface area contributed by atoms with Crippen molar-refractivity contribution in [1.82, 2.24) is 10.0 Å². The number of oxime groups is 1. The van der Waals surface area contributed by atoms with Gasteiger partial charge in [0, 0.05) is 13.1 Å². The fourth-order valence-electron chi connectivity index (χ4n) is 1.18.